The smallest absolute Gasteiger partial charge is 0.152 e. The van der Waals surface area contributed by atoms with Crippen LogP contribution in [0.1, 0.15) is 30.3 Å². The third-order valence-corrected chi connectivity index (χ3v) is 3.54. The number of rotatable bonds is 5. The van der Waals surface area contributed by atoms with Gasteiger partial charge in [0.25, 0.3) is 0 Å². The van der Waals surface area contributed by atoms with Gasteiger partial charge < -0.3 is 10.1 Å². The minimum absolute atomic E-state index is 0.855. The van der Waals surface area contributed by atoms with E-state index in [9.17, 15) is 0 Å². The molecule has 1 aromatic heterocycles. The molecule has 21 heavy (non-hydrogen) atoms. The zero-order chi connectivity index (χ0) is 15.4. The number of nitrogens with zero attached hydrogens (tertiary/aromatic N) is 2. The lowest BCUT2D eigenvalue weighted by molar-refractivity contribution is 0.414. The van der Waals surface area contributed by atoms with Gasteiger partial charge in [-0.15, -0.1) is 0 Å². The molecule has 2 rings (SSSR count). The zero-order valence-electron chi connectivity index (χ0n) is 13.4. The molecule has 0 atom stereocenters. The third kappa shape index (κ3) is 3.32. The molecule has 0 unspecified atom stereocenters. The van der Waals surface area contributed by atoms with Crippen LogP contribution >= 0.6 is 0 Å². The van der Waals surface area contributed by atoms with Gasteiger partial charge in [-0.2, -0.15) is 0 Å². The van der Waals surface area contributed by atoms with Crippen molar-refractivity contribution in [1.82, 2.24) is 9.97 Å². The van der Waals surface area contributed by atoms with Gasteiger partial charge in [-0.05, 0) is 51.0 Å². The highest BCUT2D eigenvalue weighted by molar-refractivity contribution is 5.74. The van der Waals surface area contributed by atoms with E-state index in [1.165, 1.54) is 0 Å². The van der Waals surface area contributed by atoms with E-state index in [0.717, 1.165) is 52.7 Å². The van der Waals surface area contributed by atoms with E-state index in [1.54, 1.807) is 7.11 Å². The van der Waals surface area contributed by atoms with Crippen LogP contribution in [0, 0.1) is 20.8 Å². The molecule has 0 aliphatic heterocycles. The molecule has 0 aliphatic carbocycles. The molecule has 112 valence electrons. The maximum atomic E-state index is 5.27. The first-order valence-electron chi connectivity index (χ1n) is 7.31. The summed E-state index contributed by atoms with van der Waals surface area (Å²) in [6.45, 7) is 9.08. The Morgan fingerprint density at radius 3 is 2.43 bits per heavy atom. The molecule has 2 aromatic rings. The molecule has 0 radical (unpaired) electrons. The lowest BCUT2D eigenvalue weighted by Crippen LogP contribution is -2.08. The number of benzene rings is 1. The van der Waals surface area contributed by atoms with Crippen molar-refractivity contribution in [2.45, 2.75) is 34.1 Å². The lowest BCUT2D eigenvalue weighted by atomic mass is 10.0. The first-order chi connectivity index (χ1) is 10.1. The Morgan fingerprint density at radius 2 is 1.81 bits per heavy atom. The normalized spacial score (nSPS) is 10.5. The quantitative estimate of drug-likeness (QED) is 0.905. The van der Waals surface area contributed by atoms with Crippen LogP contribution in [0.4, 0.5) is 5.82 Å². The molecular formula is C17H23N3O. The van der Waals surface area contributed by atoms with Gasteiger partial charge in [-0.1, -0.05) is 6.92 Å². The summed E-state index contributed by atoms with van der Waals surface area (Å²) in [4.78, 5) is 9.41. The summed E-state index contributed by atoms with van der Waals surface area (Å²) in [6.07, 6.45) is 1.05. The molecule has 0 fully saturated rings. The van der Waals surface area contributed by atoms with Gasteiger partial charge in [0.1, 0.15) is 11.4 Å². The van der Waals surface area contributed by atoms with Gasteiger partial charge in [0, 0.05) is 12.1 Å². The van der Waals surface area contributed by atoms with Crippen LogP contribution in [-0.2, 0) is 0 Å². The van der Waals surface area contributed by atoms with Crippen LogP contribution in [0.25, 0.3) is 11.3 Å². The number of nitrogens with one attached hydrogen (secondary N) is 1. The molecular weight excluding hydrogens is 262 g/mol. The van der Waals surface area contributed by atoms with Crippen molar-refractivity contribution >= 4 is 5.82 Å². The molecule has 0 saturated carbocycles. The molecule has 4 heteroatoms. The Hall–Kier alpha value is -2.10. The van der Waals surface area contributed by atoms with Gasteiger partial charge in [0.05, 0.1) is 18.5 Å². The highest BCUT2D eigenvalue weighted by Crippen LogP contribution is 2.30. The SMILES string of the molecule is CCCNc1nc(C)c(C)nc1-c1ccc(OC)cc1C. The van der Waals surface area contributed by atoms with Crippen LogP contribution in [0.5, 0.6) is 5.75 Å². The molecule has 0 amide bonds. The number of hydrogen-bond donors (Lipinski definition) is 1. The van der Waals surface area contributed by atoms with Crippen molar-refractivity contribution < 1.29 is 4.74 Å². The predicted octanol–water partition coefficient (Wildman–Crippen LogP) is 3.90. The van der Waals surface area contributed by atoms with E-state index in [1.807, 2.05) is 32.0 Å². The maximum absolute atomic E-state index is 5.27. The third-order valence-electron chi connectivity index (χ3n) is 3.54. The fraction of sp³-hybridized carbons (Fsp3) is 0.412. The van der Waals surface area contributed by atoms with E-state index in [4.69, 9.17) is 9.72 Å². The Labute approximate surface area is 126 Å². The van der Waals surface area contributed by atoms with E-state index in [2.05, 4.69) is 24.1 Å². The highest BCUT2D eigenvalue weighted by Gasteiger charge is 2.13. The summed E-state index contributed by atoms with van der Waals surface area (Å²) in [5.74, 6) is 1.71. The lowest BCUT2D eigenvalue weighted by Gasteiger charge is -2.14. The van der Waals surface area contributed by atoms with Crippen LogP contribution in [-0.4, -0.2) is 23.6 Å². The monoisotopic (exact) mass is 285 g/mol. The summed E-state index contributed by atoms with van der Waals surface area (Å²) in [6, 6.07) is 6.03. The van der Waals surface area contributed by atoms with Crippen LogP contribution in [0.3, 0.4) is 0 Å². The summed E-state index contributed by atoms with van der Waals surface area (Å²) < 4.78 is 5.27. The number of aromatic nitrogens is 2. The van der Waals surface area contributed by atoms with Crippen molar-refractivity contribution in [1.29, 1.82) is 0 Å². The Balaban J connectivity index is 2.53. The fourth-order valence-corrected chi connectivity index (χ4v) is 2.19. The predicted molar refractivity (Wildman–Crippen MR) is 87.0 cm³/mol. The van der Waals surface area contributed by atoms with Crippen molar-refractivity contribution in [3.8, 4) is 17.0 Å². The summed E-state index contributed by atoms with van der Waals surface area (Å²) >= 11 is 0. The van der Waals surface area contributed by atoms with Gasteiger partial charge in [0.2, 0.25) is 0 Å². The Bertz CT molecular complexity index is 638. The molecule has 1 heterocycles. The Kier molecular flexibility index (Phi) is 4.78. The summed E-state index contributed by atoms with van der Waals surface area (Å²) in [5, 5.41) is 3.38. The minimum atomic E-state index is 0.855. The largest absolute Gasteiger partial charge is 0.497 e. The van der Waals surface area contributed by atoms with Crippen LogP contribution in [0.2, 0.25) is 0 Å². The first-order valence-corrected chi connectivity index (χ1v) is 7.31. The van der Waals surface area contributed by atoms with Crippen molar-refractivity contribution in [2.75, 3.05) is 19.0 Å². The molecule has 0 bridgehead atoms. The fourth-order valence-electron chi connectivity index (χ4n) is 2.19. The van der Waals surface area contributed by atoms with Crippen molar-refractivity contribution in [2.24, 2.45) is 0 Å². The molecule has 0 saturated heterocycles. The number of aryl methyl sites for hydroxylation is 3. The zero-order valence-corrected chi connectivity index (χ0v) is 13.4. The maximum Gasteiger partial charge on any atom is 0.152 e. The molecule has 0 aliphatic rings. The van der Waals surface area contributed by atoms with Crippen molar-refractivity contribution in [3.05, 3.63) is 35.2 Å². The molecule has 4 nitrogen and oxygen atoms in total. The summed E-state index contributed by atoms with van der Waals surface area (Å²) in [5.41, 5.74) is 5.05. The number of hydrogen-bond acceptors (Lipinski definition) is 4. The number of methoxy groups -OCH3 is 1. The Morgan fingerprint density at radius 1 is 1.10 bits per heavy atom. The van der Waals surface area contributed by atoms with Gasteiger partial charge in [0.15, 0.2) is 5.82 Å². The second-order valence-electron chi connectivity index (χ2n) is 5.20. The molecule has 0 spiro atoms. The average Bonchev–Trinajstić information content (AvgIpc) is 2.48. The number of ether oxygens (including phenoxy) is 1. The van der Waals surface area contributed by atoms with Gasteiger partial charge >= 0.3 is 0 Å². The standard InChI is InChI=1S/C17H23N3O/c1-6-9-18-17-16(19-12(3)13(4)20-17)15-8-7-14(21-5)10-11(15)2/h7-8,10H,6,9H2,1-5H3,(H,18,20). The van der Waals surface area contributed by atoms with Crippen molar-refractivity contribution in [3.63, 3.8) is 0 Å². The van der Waals surface area contributed by atoms with Gasteiger partial charge in [-0.25, -0.2) is 9.97 Å². The van der Waals surface area contributed by atoms with Crippen LogP contribution in [0.15, 0.2) is 18.2 Å². The minimum Gasteiger partial charge on any atom is -0.497 e. The summed E-state index contributed by atoms with van der Waals surface area (Å²) in [7, 11) is 1.68. The van der Waals surface area contributed by atoms with Gasteiger partial charge in [-0.3, -0.25) is 0 Å². The first kappa shape index (κ1) is 15.3. The topological polar surface area (TPSA) is 47.0 Å². The highest BCUT2D eigenvalue weighted by atomic mass is 16.5. The average molecular weight is 285 g/mol. The molecule has 1 N–H and O–H groups in total. The molecule has 1 aromatic carbocycles. The second kappa shape index (κ2) is 6.57. The number of anilines is 1. The second-order valence-corrected chi connectivity index (χ2v) is 5.20. The van der Waals surface area contributed by atoms with E-state index in [0.29, 0.717) is 0 Å². The van der Waals surface area contributed by atoms with E-state index < -0.39 is 0 Å². The van der Waals surface area contributed by atoms with E-state index in [-0.39, 0.29) is 0 Å². The van der Waals surface area contributed by atoms with Crippen LogP contribution < -0.4 is 10.1 Å². The van der Waals surface area contributed by atoms with E-state index >= 15 is 0 Å².